The number of hydrogen-bond acceptors (Lipinski definition) is 3. The number of halogens is 1. The lowest BCUT2D eigenvalue weighted by Crippen LogP contribution is -2.30. The van der Waals surface area contributed by atoms with Gasteiger partial charge in [0.1, 0.15) is 6.10 Å². The minimum absolute atomic E-state index is 0.0238. The highest BCUT2D eigenvalue weighted by atomic mass is 79.9. The fourth-order valence-corrected chi connectivity index (χ4v) is 2.95. The number of aromatic nitrogens is 1. The summed E-state index contributed by atoms with van der Waals surface area (Å²) in [6, 6.07) is 14.3. The van der Waals surface area contributed by atoms with E-state index in [0.717, 1.165) is 30.4 Å². The lowest BCUT2D eigenvalue weighted by molar-refractivity contribution is 0.220. The molecule has 2 heterocycles. The van der Waals surface area contributed by atoms with E-state index in [-0.39, 0.29) is 6.10 Å². The van der Waals surface area contributed by atoms with Crippen molar-refractivity contribution in [1.29, 1.82) is 0 Å². The Morgan fingerprint density at radius 2 is 2.05 bits per heavy atom. The maximum absolute atomic E-state index is 6.23. The van der Waals surface area contributed by atoms with Gasteiger partial charge in [-0.05, 0) is 52.2 Å². The van der Waals surface area contributed by atoms with Gasteiger partial charge in [0.25, 0.3) is 0 Å². The quantitative estimate of drug-likeness (QED) is 0.826. The van der Waals surface area contributed by atoms with Crippen molar-refractivity contribution >= 4 is 15.9 Å². The van der Waals surface area contributed by atoms with Crippen molar-refractivity contribution < 1.29 is 4.74 Å². The summed E-state index contributed by atoms with van der Waals surface area (Å²) >= 11 is 3.51. The van der Waals surface area contributed by atoms with Crippen LogP contribution in [-0.2, 0) is 6.42 Å². The Kier molecular flexibility index (Phi) is 5.24. The van der Waals surface area contributed by atoms with E-state index >= 15 is 0 Å². The lowest BCUT2D eigenvalue weighted by Gasteiger charge is -2.25. The first-order valence-corrected chi connectivity index (χ1v) is 8.33. The van der Waals surface area contributed by atoms with Crippen LogP contribution in [0.1, 0.15) is 12.0 Å². The van der Waals surface area contributed by atoms with Gasteiger partial charge in [0.05, 0.1) is 4.47 Å². The van der Waals surface area contributed by atoms with Crippen LogP contribution >= 0.6 is 15.9 Å². The summed E-state index contributed by atoms with van der Waals surface area (Å²) in [5.74, 6) is 0.655. The molecule has 1 aromatic carbocycles. The Bertz CT molecular complexity index is 643. The van der Waals surface area contributed by atoms with Crippen LogP contribution in [0.4, 0.5) is 0 Å². The molecule has 1 unspecified atom stereocenters. The molecule has 0 bridgehead atoms. The average molecular weight is 359 g/mol. The third kappa shape index (κ3) is 3.96. The van der Waals surface area contributed by atoms with E-state index in [4.69, 9.17) is 4.74 Å². The van der Waals surface area contributed by atoms with Gasteiger partial charge < -0.3 is 10.1 Å². The van der Waals surface area contributed by atoms with Gasteiger partial charge >= 0.3 is 0 Å². The molecule has 0 amide bonds. The molecule has 0 aliphatic carbocycles. The summed E-state index contributed by atoms with van der Waals surface area (Å²) in [7, 11) is 0. The molecule has 0 saturated carbocycles. The second-order valence-corrected chi connectivity index (χ2v) is 6.17. The largest absolute Gasteiger partial charge is 0.469 e. The smallest absolute Gasteiger partial charge is 0.228 e. The highest BCUT2D eigenvalue weighted by molar-refractivity contribution is 9.10. The standard InChI is InChI=1S/C18H19BrN2O/c19-16-7-4-10-21-18(16)22-17(15-8-11-20-12-9-15)13-14-5-2-1-3-6-14/h1-8,10,17,20H,9,11-13H2. The minimum atomic E-state index is 0.0238. The van der Waals surface area contributed by atoms with Gasteiger partial charge in [0.2, 0.25) is 5.88 Å². The maximum atomic E-state index is 6.23. The fraction of sp³-hybridized carbons (Fsp3) is 0.278. The zero-order valence-corrected chi connectivity index (χ0v) is 13.9. The van der Waals surface area contributed by atoms with Gasteiger partial charge in [-0.15, -0.1) is 0 Å². The Morgan fingerprint density at radius 1 is 1.18 bits per heavy atom. The number of nitrogens with one attached hydrogen (secondary N) is 1. The molecule has 2 aromatic rings. The Hall–Kier alpha value is -1.65. The van der Waals surface area contributed by atoms with Crippen LogP contribution in [0.25, 0.3) is 0 Å². The van der Waals surface area contributed by atoms with Gasteiger partial charge in [0.15, 0.2) is 0 Å². The molecule has 0 radical (unpaired) electrons. The summed E-state index contributed by atoms with van der Waals surface area (Å²) in [5, 5.41) is 3.35. The molecule has 3 nitrogen and oxygen atoms in total. The summed E-state index contributed by atoms with van der Waals surface area (Å²) in [6.45, 7) is 1.91. The number of nitrogens with zero attached hydrogens (tertiary/aromatic N) is 1. The highest BCUT2D eigenvalue weighted by Crippen LogP contribution is 2.26. The molecule has 0 fully saturated rings. The SMILES string of the molecule is Brc1cccnc1OC(Cc1ccccc1)C1=CCNCC1. The number of rotatable bonds is 5. The lowest BCUT2D eigenvalue weighted by atomic mass is 9.97. The van der Waals surface area contributed by atoms with Crippen LogP contribution in [0.5, 0.6) is 5.88 Å². The Balaban J connectivity index is 1.82. The van der Waals surface area contributed by atoms with Crippen LogP contribution in [-0.4, -0.2) is 24.2 Å². The predicted octanol–water partition coefficient (Wildman–Crippen LogP) is 3.75. The predicted molar refractivity (Wildman–Crippen MR) is 92.1 cm³/mol. The van der Waals surface area contributed by atoms with Gasteiger partial charge in [-0.25, -0.2) is 4.98 Å². The molecule has 3 rings (SSSR count). The molecule has 1 atom stereocenters. The molecule has 0 saturated heterocycles. The van der Waals surface area contributed by atoms with Crippen molar-refractivity contribution in [3.63, 3.8) is 0 Å². The molecule has 4 heteroatoms. The summed E-state index contributed by atoms with van der Waals surface area (Å²) in [6.07, 6.45) is 5.90. The first kappa shape index (κ1) is 15.3. The maximum Gasteiger partial charge on any atom is 0.228 e. The molecular weight excluding hydrogens is 340 g/mol. The molecule has 1 aromatic heterocycles. The van der Waals surface area contributed by atoms with E-state index in [0.29, 0.717) is 5.88 Å². The third-order valence-electron chi connectivity index (χ3n) is 3.76. The van der Waals surface area contributed by atoms with Crippen LogP contribution in [0.2, 0.25) is 0 Å². The molecule has 0 spiro atoms. The van der Waals surface area contributed by atoms with Crippen LogP contribution < -0.4 is 10.1 Å². The van der Waals surface area contributed by atoms with Crippen LogP contribution in [0, 0.1) is 0 Å². The Labute approximate surface area is 139 Å². The third-order valence-corrected chi connectivity index (χ3v) is 4.36. The van der Waals surface area contributed by atoms with Crippen molar-refractivity contribution in [2.45, 2.75) is 18.9 Å². The van der Waals surface area contributed by atoms with E-state index in [9.17, 15) is 0 Å². The number of benzene rings is 1. The second-order valence-electron chi connectivity index (χ2n) is 5.32. The van der Waals surface area contributed by atoms with Crippen molar-refractivity contribution in [1.82, 2.24) is 10.3 Å². The minimum Gasteiger partial charge on any atom is -0.469 e. The molecule has 1 aliphatic rings. The second kappa shape index (κ2) is 7.56. The Morgan fingerprint density at radius 3 is 2.77 bits per heavy atom. The number of pyridine rings is 1. The van der Waals surface area contributed by atoms with E-state index in [1.165, 1.54) is 11.1 Å². The topological polar surface area (TPSA) is 34.1 Å². The van der Waals surface area contributed by atoms with Crippen molar-refractivity contribution in [3.05, 3.63) is 70.3 Å². The van der Waals surface area contributed by atoms with E-state index in [2.05, 4.69) is 56.6 Å². The van der Waals surface area contributed by atoms with E-state index in [1.54, 1.807) is 6.20 Å². The van der Waals surface area contributed by atoms with Gasteiger partial charge in [-0.3, -0.25) is 0 Å². The van der Waals surface area contributed by atoms with Crippen molar-refractivity contribution in [2.75, 3.05) is 13.1 Å². The van der Waals surface area contributed by atoms with Crippen molar-refractivity contribution in [2.24, 2.45) is 0 Å². The molecule has 1 N–H and O–H groups in total. The van der Waals surface area contributed by atoms with Gasteiger partial charge in [-0.2, -0.15) is 0 Å². The average Bonchev–Trinajstić information content (AvgIpc) is 2.58. The first-order valence-electron chi connectivity index (χ1n) is 7.53. The number of hydrogen-bond donors (Lipinski definition) is 1. The van der Waals surface area contributed by atoms with Gasteiger partial charge in [0, 0.05) is 19.2 Å². The molecule has 114 valence electrons. The van der Waals surface area contributed by atoms with Crippen molar-refractivity contribution in [3.8, 4) is 5.88 Å². The zero-order valence-electron chi connectivity index (χ0n) is 12.3. The summed E-state index contributed by atoms with van der Waals surface area (Å²) in [4.78, 5) is 4.34. The highest BCUT2D eigenvalue weighted by Gasteiger charge is 2.20. The number of ether oxygens (including phenoxy) is 1. The van der Waals surface area contributed by atoms with Gasteiger partial charge in [-0.1, -0.05) is 36.4 Å². The molecule has 1 aliphatic heterocycles. The normalized spacial score (nSPS) is 16.0. The molecule has 22 heavy (non-hydrogen) atoms. The van der Waals surface area contributed by atoms with E-state index < -0.39 is 0 Å². The van der Waals surface area contributed by atoms with E-state index in [1.807, 2.05) is 18.2 Å². The fourth-order valence-electron chi connectivity index (χ4n) is 2.60. The zero-order chi connectivity index (χ0) is 15.2. The summed E-state index contributed by atoms with van der Waals surface area (Å²) < 4.78 is 7.13. The summed E-state index contributed by atoms with van der Waals surface area (Å²) in [5.41, 5.74) is 2.62. The van der Waals surface area contributed by atoms with Crippen LogP contribution in [0.3, 0.4) is 0 Å². The first-order chi connectivity index (χ1) is 10.8. The monoisotopic (exact) mass is 358 g/mol. The van der Waals surface area contributed by atoms with Crippen LogP contribution in [0.15, 0.2) is 64.8 Å². The molecular formula is C18H19BrN2O.